The van der Waals surface area contributed by atoms with Crippen molar-refractivity contribution < 1.29 is 9.90 Å². The Hall–Kier alpha value is -1.78. The Kier molecular flexibility index (Phi) is 3.93. The Balaban J connectivity index is 2.07. The van der Waals surface area contributed by atoms with Gasteiger partial charge in [-0.1, -0.05) is 19.8 Å². The summed E-state index contributed by atoms with van der Waals surface area (Å²) in [4.78, 5) is 15.2. The molecule has 1 aliphatic rings. The first kappa shape index (κ1) is 13.6. The molecule has 0 saturated heterocycles. The molecule has 0 spiro atoms. The molecule has 0 atom stereocenters. The molecule has 0 radical (unpaired) electrons. The predicted molar refractivity (Wildman–Crippen MR) is 75.3 cm³/mol. The highest BCUT2D eigenvalue weighted by atomic mass is 16.4. The topological polar surface area (TPSA) is 88.2 Å². The lowest BCUT2D eigenvalue weighted by atomic mass is 9.83. The molecule has 0 aliphatic heterocycles. The van der Waals surface area contributed by atoms with Crippen LogP contribution in [0.1, 0.15) is 49.4 Å². The van der Waals surface area contributed by atoms with Crippen molar-refractivity contribution in [2.45, 2.75) is 39.0 Å². The second-order valence-corrected chi connectivity index (χ2v) is 5.38. The van der Waals surface area contributed by atoms with Crippen molar-refractivity contribution in [3.63, 3.8) is 0 Å². The summed E-state index contributed by atoms with van der Waals surface area (Å²) >= 11 is 0. The molecule has 1 aliphatic carbocycles. The van der Waals surface area contributed by atoms with E-state index in [2.05, 4.69) is 17.2 Å². The van der Waals surface area contributed by atoms with Gasteiger partial charge in [-0.3, -0.25) is 0 Å². The molecular weight excluding hydrogens is 242 g/mol. The van der Waals surface area contributed by atoms with E-state index in [1.54, 1.807) is 0 Å². The normalized spacial score (nSPS) is 17.3. The number of carboxylic acids is 1. The molecule has 0 unspecified atom stereocenters. The zero-order valence-electron chi connectivity index (χ0n) is 11.3. The lowest BCUT2D eigenvalue weighted by molar-refractivity contribution is 0.0698. The molecule has 1 fully saturated rings. The van der Waals surface area contributed by atoms with Crippen LogP contribution in [-0.4, -0.2) is 22.6 Å². The van der Waals surface area contributed by atoms with E-state index in [4.69, 9.17) is 10.8 Å². The minimum absolute atomic E-state index is 0.106. The van der Waals surface area contributed by atoms with E-state index in [-0.39, 0.29) is 11.3 Å². The average molecular weight is 263 g/mol. The first-order chi connectivity index (χ1) is 9.06. The van der Waals surface area contributed by atoms with E-state index in [1.165, 1.54) is 37.9 Å². The summed E-state index contributed by atoms with van der Waals surface area (Å²) < 4.78 is 0. The van der Waals surface area contributed by atoms with E-state index < -0.39 is 5.97 Å². The van der Waals surface area contributed by atoms with Gasteiger partial charge < -0.3 is 16.2 Å². The first-order valence-electron chi connectivity index (χ1n) is 6.79. The molecule has 4 N–H and O–H groups in total. The Morgan fingerprint density at radius 1 is 1.53 bits per heavy atom. The molecule has 0 aromatic carbocycles. The number of carbonyl (C=O) groups is 1. The van der Waals surface area contributed by atoms with Crippen LogP contribution in [0.2, 0.25) is 0 Å². The molecule has 1 saturated carbocycles. The number of anilines is 2. The number of carboxylic acid groups (broad SMARTS) is 1. The molecule has 0 bridgehead atoms. The number of hydrogen-bond acceptors (Lipinski definition) is 4. The van der Waals surface area contributed by atoms with Gasteiger partial charge in [0.2, 0.25) is 0 Å². The lowest BCUT2D eigenvalue weighted by Gasteiger charge is -2.28. The van der Waals surface area contributed by atoms with Gasteiger partial charge in [0.15, 0.2) is 0 Å². The zero-order chi connectivity index (χ0) is 13.9. The van der Waals surface area contributed by atoms with Crippen LogP contribution in [0.3, 0.4) is 0 Å². The number of aromatic nitrogens is 1. The third kappa shape index (κ3) is 2.97. The maximum Gasteiger partial charge on any atom is 0.337 e. The van der Waals surface area contributed by atoms with Crippen LogP contribution in [0.15, 0.2) is 12.3 Å². The number of rotatable bonds is 5. The average Bonchev–Trinajstić information content (AvgIpc) is 2.87. The number of pyridine rings is 1. The second kappa shape index (κ2) is 5.47. The summed E-state index contributed by atoms with van der Waals surface area (Å²) in [5.74, 6) is -0.430. The summed E-state index contributed by atoms with van der Waals surface area (Å²) in [6.45, 7) is 3.06. The van der Waals surface area contributed by atoms with Gasteiger partial charge in [0.25, 0.3) is 0 Å². The van der Waals surface area contributed by atoms with E-state index in [0.29, 0.717) is 11.2 Å². The molecule has 0 amide bonds. The summed E-state index contributed by atoms with van der Waals surface area (Å²) in [5, 5.41) is 12.3. The number of nitrogens with one attached hydrogen (secondary N) is 1. The van der Waals surface area contributed by atoms with Crippen molar-refractivity contribution in [2.24, 2.45) is 5.41 Å². The van der Waals surface area contributed by atoms with E-state index in [1.807, 2.05) is 0 Å². The van der Waals surface area contributed by atoms with Crippen molar-refractivity contribution in [3.05, 3.63) is 17.8 Å². The molecule has 104 valence electrons. The molecule has 19 heavy (non-hydrogen) atoms. The van der Waals surface area contributed by atoms with Gasteiger partial charge in [-0.15, -0.1) is 0 Å². The molecule has 1 aromatic rings. The lowest BCUT2D eigenvalue weighted by Crippen LogP contribution is -2.26. The fourth-order valence-electron chi connectivity index (χ4n) is 2.81. The maximum absolute atomic E-state index is 11.0. The third-order valence-corrected chi connectivity index (χ3v) is 4.22. The standard InChI is InChI=1S/C14H21N3O2/c1-2-14(5-3-4-6-14)9-17-12-7-10(13(18)19)11(15)8-16-12/h7-8H,2-6,9,15H2,1H3,(H,16,17)(H,18,19). The van der Waals surface area contributed by atoms with Gasteiger partial charge in [-0.2, -0.15) is 0 Å². The smallest absolute Gasteiger partial charge is 0.337 e. The molecule has 2 rings (SSSR count). The van der Waals surface area contributed by atoms with Crippen molar-refractivity contribution >= 4 is 17.5 Å². The van der Waals surface area contributed by atoms with E-state index >= 15 is 0 Å². The largest absolute Gasteiger partial charge is 0.478 e. The molecule has 5 heteroatoms. The number of hydrogen-bond donors (Lipinski definition) is 3. The minimum atomic E-state index is -1.02. The van der Waals surface area contributed by atoms with Gasteiger partial charge in [0, 0.05) is 6.54 Å². The van der Waals surface area contributed by atoms with Crippen molar-refractivity contribution in [1.82, 2.24) is 4.98 Å². The summed E-state index contributed by atoms with van der Waals surface area (Å²) in [6.07, 6.45) is 7.57. The fraction of sp³-hybridized carbons (Fsp3) is 0.571. The summed E-state index contributed by atoms with van der Waals surface area (Å²) in [5.41, 5.74) is 6.23. The summed E-state index contributed by atoms with van der Waals surface area (Å²) in [6, 6.07) is 1.51. The van der Waals surface area contributed by atoms with Crippen LogP contribution in [0, 0.1) is 5.41 Å². The van der Waals surface area contributed by atoms with Crippen molar-refractivity contribution in [3.8, 4) is 0 Å². The van der Waals surface area contributed by atoms with Crippen LogP contribution < -0.4 is 11.1 Å². The highest BCUT2D eigenvalue weighted by Crippen LogP contribution is 2.40. The van der Waals surface area contributed by atoms with Crippen molar-refractivity contribution in [1.29, 1.82) is 0 Å². The number of nitrogens with two attached hydrogens (primary N) is 1. The third-order valence-electron chi connectivity index (χ3n) is 4.22. The monoisotopic (exact) mass is 263 g/mol. The number of aromatic carboxylic acids is 1. The molecule has 1 heterocycles. The van der Waals surface area contributed by atoms with Crippen LogP contribution in [0.25, 0.3) is 0 Å². The maximum atomic E-state index is 11.0. The Morgan fingerprint density at radius 2 is 2.21 bits per heavy atom. The van der Waals surface area contributed by atoms with Gasteiger partial charge in [0.05, 0.1) is 17.4 Å². The van der Waals surface area contributed by atoms with Gasteiger partial charge in [-0.25, -0.2) is 9.78 Å². The Labute approximate surface area is 113 Å². The highest BCUT2D eigenvalue weighted by molar-refractivity contribution is 5.94. The van der Waals surface area contributed by atoms with Crippen LogP contribution >= 0.6 is 0 Å². The Morgan fingerprint density at radius 3 is 2.79 bits per heavy atom. The van der Waals surface area contributed by atoms with Gasteiger partial charge in [0.1, 0.15) is 5.82 Å². The SMILES string of the molecule is CCC1(CNc2cc(C(=O)O)c(N)cn2)CCCC1. The van der Waals surface area contributed by atoms with Crippen molar-refractivity contribution in [2.75, 3.05) is 17.6 Å². The molecular formula is C14H21N3O2. The van der Waals surface area contributed by atoms with Gasteiger partial charge >= 0.3 is 5.97 Å². The van der Waals surface area contributed by atoms with E-state index in [0.717, 1.165) is 13.0 Å². The minimum Gasteiger partial charge on any atom is -0.478 e. The highest BCUT2D eigenvalue weighted by Gasteiger charge is 2.31. The second-order valence-electron chi connectivity index (χ2n) is 5.38. The van der Waals surface area contributed by atoms with E-state index in [9.17, 15) is 4.79 Å². The molecule has 5 nitrogen and oxygen atoms in total. The molecule has 1 aromatic heterocycles. The quantitative estimate of drug-likeness (QED) is 0.760. The fourth-order valence-corrected chi connectivity index (χ4v) is 2.81. The first-order valence-corrected chi connectivity index (χ1v) is 6.79. The van der Waals surface area contributed by atoms with Crippen LogP contribution in [-0.2, 0) is 0 Å². The number of nitrogen functional groups attached to an aromatic ring is 1. The zero-order valence-corrected chi connectivity index (χ0v) is 11.3. The number of nitrogens with zero attached hydrogens (tertiary/aromatic N) is 1. The summed E-state index contributed by atoms with van der Waals surface area (Å²) in [7, 11) is 0. The Bertz CT molecular complexity index is 468. The van der Waals surface area contributed by atoms with Gasteiger partial charge in [-0.05, 0) is 30.7 Å². The van der Waals surface area contributed by atoms with Crippen LogP contribution in [0.5, 0.6) is 0 Å². The predicted octanol–water partition coefficient (Wildman–Crippen LogP) is 2.74. The van der Waals surface area contributed by atoms with Crippen LogP contribution in [0.4, 0.5) is 11.5 Å².